The first-order valence-electron chi connectivity index (χ1n) is 3.79. The average molecular weight is 176 g/mol. The Morgan fingerprint density at radius 2 is 2.27 bits per heavy atom. The van der Waals surface area contributed by atoms with Crippen molar-refractivity contribution in [1.82, 2.24) is 10.2 Å². The second-order valence-electron chi connectivity index (χ2n) is 2.23. The molecule has 0 bridgehead atoms. The molecule has 0 rings (SSSR count). The Hall–Kier alpha value is -0.220. The zero-order chi connectivity index (χ0) is 8.69. The van der Waals surface area contributed by atoms with Gasteiger partial charge in [0.2, 0.25) is 5.91 Å². The summed E-state index contributed by atoms with van der Waals surface area (Å²) in [5.41, 5.74) is 0. The number of amides is 1. The molecule has 0 fully saturated rings. The molecular formula is C7H16N2OS. The molecule has 0 aliphatic carbocycles. The largest absolute Gasteiger partial charge is 0.341 e. The highest BCUT2D eigenvalue weighted by atomic mass is 32.1. The third kappa shape index (κ3) is 4.27. The van der Waals surface area contributed by atoms with E-state index in [-0.39, 0.29) is 5.91 Å². The molecule has 0 spiro atoms. The SMILES string of the molecule is CCN(CCS)C(=O)CNC. The summed E-state index contributed by atoms with van der Waals surface area (Å²) in [6.07, 6.45) is 0. The van der Waals surface area contributed by atoms with Gasteiger partial charge in [0, 0.05) is 18.8 Å². The summed E-state index contributed by atoms with van der Waals surface area (Å²) < 4.78 is 0. The summed E-state index contributed by atoms with van der Waals surface area (Å²) in [5.74, 6) is 0.868. The molecule has 0 aromatic carbocycles. The first kappa shape index (κ1) is 10.8. The predicted molar refractivity (Wildman–Crippen MR) is 50.0 cm³/mol. The van der Waals surface area contributed by atoms with Crippen molar-refractivity contribution in [3.63, 3.8) is 0 Å². The molecule has 66 valence electrons. The molecule has 0 saturated carbocycles. The highest BCUT2D eigenvalue weighted by Crippen LogP contribution is 1.89. The van der Waals surface area contributed by atoms with Gasteiger partial charge >= 0.3 is 0 Å². The average Bonchev–Trinajstić information content (AvgIpc) is 2.00. The second kappa shape index (κ2) is 6.49. The Kier molecular flexibility index (Phi) is 6.36. The van der Waals surface area contributed by atoms with E-state index in [1.807, 2.05) is 6.92 Å². The van der Waals surface area contributed by atoms with Crippen molar-refractivity contribution in [3.05, 3.63) is 0 Å². The normalized spacial score (nSPS) is 9.73. The quantitative estimate of drug-likeness (QED) is 0.577. The smallest absolute Gasteiger partial charge is 0.236 e. The van der Waals surface area contributed by atoms with Crippen LogP contribution in [0.3, 0.4) is 0 Å². The van der Waals surface area contributed by atoms with Gasteiger partial charge in [-0.3, -0.25) is 4.79 Å². The van der Waals surface area contributed by atoms with Gasteiger partial charge in [0.1, 0.15) is 0 Å². The Morgan fingerprint density at radius 1 is 1.64 bits per heavy atom. The number of rotatable bonds is 5. The molecule has 0 aliphatic rings. The molecule has 0 heterocycles. The standard InChI is InChI=1S/C7H16N2OS/c1-3-9(4-5-11)7(10)6-8-2/h8,11H,3-6H2,1-2H3. The minimum atomic E-state index is 0.143. The number of carbonyl (C=O) groups excluding carboxylic acids is 1. The van der Waals surface area contributed by atoms with Crippen molar-refractivity contribution in [3.8, 4) is 0 Å². The van der Waals surface area contributed by atoms with Gasteiger partial charge in [-0.05, 0) is 14.0 Å². The summed E-state index contributed by atoms with van der Waals surface area (Å²) >= 11 is 4.06. The van der Waals surface area contributed by atoms with E-state index in [9.17, 15) is 4.79 Å². The van der Waals surface area contributed by atoms with Crippen molar-refractivity contribution < 1.29 is 4.79 Å². The lowest BCUT2D eigenvalue weighted by Crippen LogP contribution is -2.38. The van der Waals surface area contributed by atoms with Crippen molar-refractivity contribution in [1.29, 1.82) is 0 Å². The number of nitrogens with zero attached hydrogens (tertiary/aromatic N) is 1. The zero-order valence-electron chi connectivity index (χ0n) is 7.13. The van der Waals surface area contributed by atoms with Crippen LogP contribution in [0.4, 0.5) is 0 Å². The van der Waals surface area contributed by atoms with Crippen molar-refractivity contribution in [2.24, 2.45) is 0 Å². The fraction of sp³-hybridized carbons (Fsp3) is 0.857. The van der Waals surface area contributed by atoms with Gasteiger partial charge in [0.25, 0.3) is 0 Å². The molecule has 0 saturated heterocycles. The lowest BCUT2D eigenvalue weighted by Gasteiger charge is -2.19. The van der Waals surface area contributed by atoms with Gasteiger partial charge in [-0.2, -0.15) is 12.6 Å². The highest BCUT2D eigenvalue weighted by molar-refractivity contribution is 7.80. The molecule has 0 radical (unpaired) electrons. The predicted octanol–water partition coefficient (Wildman–Crippen LogP) is -0.0159. The maximum absolute atomic E-state index is 11.2. The van der Waals surface area contributed by atoms with Gasteiger partial charge in [-0.25, -0.2) is 0 Å². The number of hydrogen-bond acceptors (Lipinski definition) is 3. The number of thiol groups is 1. The Bertz CT molecular complexity index is 119. The Balaban J connectivity index is 3.71. The molecular weight excluding hydrogens is 160 g/mol. The van der Waals surface area contributed by atoms with Gasteiger partial charge in [-0.15, -0.1) is 0 Å². The summed E-state index contributed by atoms with van der Waals surface area (Å²) in [6, 6.07) is 0. The van der Waals surface area contributed by atoms with Crippen molar-refractivity contribution in [2.75, 3.05) is 32.4 Å². The first-order valence-corrected chi connectivity index (χ1v) is 4.42. The van der Waals surface area contributed by atoms with Crippen LogP contribution in [0.2, 0.25) is 0 Å². The molecule has 0 unspecified atom stereocenters. The van der Waals surface area contributed by atoms with Crippen LogP contribution < -0.4 is 5.32 Å². The second-order valence-corrected chi connectivity index (χ2v) is 2.67. The van der Waals surface area contributed by atoms with E-state index in [0.717, 1.165) is 18.8 Å². The highest BCUT2D eigenvalue weighted by Gasteiger charge is 2.07. The lowest BCUT2D eigenvalue weighted by atomic mass is 10.4. The van der Waals surface area contributed by atoms with E-state index in [1.54, 1.807) is 11.9 Å². The van der Waals surface area contributed by atoms with Crippen LogP contribution in [0.1, 0.15) is 6.92 Å². The number of nitrogens with one attached hydrogen (secondary N) is 1. The molecule has 1 N–H and O–H groups in total. The van der Waals surface area contributed by atoms with E-state index < -0.39 is 0 Å². The minimum Gasteiger partial charge on any atom is -0.341 e. The van der Waals surface area contributed by atoms with Crippen LogP contribution >= 0.6 is 12.6 Å². The number of likely N-dealkylation sites (N-methyl/N-ethyl adjacent to an activating group) is 2. The van der Waals surface area contributed by atoms with E-state index in [2.05, 4.69) is 17.9 Å². The fourth-order valence-corrected chi connectivity index (χ4v) is 1.08. The Morgan fingerprint density at radius 3 is 2.64 bits per heavy atom. The van der Waals surface area contributed by atoms with Crippen molar-refractivity contribution >= 4 is 18.5 Å². The molecule has 3 nitrogen and oxygen atoms in total. The molecule has 0 aliphatic heterocycles. The zero-order valence-corrected chi connectivity index (χ0v) is 8.03. The minimum absolute atomic E-state index is 0.143. The van der Waals surface area contributed by atoms with Gasteiger partial charge in [-0.1, -0.05) is 0 Å². The lowest BCUT2D eigenvalue weighted by molar-refractivity contribution is -0.129. The maximum atomic E-state index is 11.2. The molecule has 4 heteroatoms. The van der Waals surface area contributed by atoms with Crippen LogP contribution in [0.5, 0.6) is 0 Å². The monoisotopic (exact) mass is 176 g/mol. The van der Waals surface area contributed by atoms with E-state index >= 15 is 0 Å². The van der Waals surface area contributed by atoms with Crippen LogP contribution in [0, 0.1) is 0 Å². The third-order valence-electron chi connectivity index (χ3n) is 1.43. The van der Waals surface area contributed by atoms with Gasteiger partial charge < -0.3 is 10.2 Å². The number of carbonyl (C=O) groups is 1. The maximum Gasteiger partial charge on any atom is 0.236 e. The number of hydrogen-bond donors (Lipinski definition) is 2. The van der Waals surface area contributed by atoms with E-state index in [0.29, 0.717) is 6.54 Å². The first-order chi connectivity index (χ1) is 5.26. The summed E-state index contributed by atoms with van der Waals surface area (Å²) in [4.78, 5) is 13.0. The molecule has 0 aromatic rings. The third-order valence-corrected chi connectivity index (χ3v) is 1.63. The topological polar surface area (TPSA) is 32.3 Å². The van der Waals surface area contributed by atoms with Gasteiger partial charge in [0.05, 0.1) is 6.54 Å². The fourth-order valence-electron chi connectivity index (χ4n) is 0.843. The van der Waals surface area contributed by atoms with Crippen LogP contribution in [-0.2, 0) is 4.79 Å². The molecule has 11 heavy (non-hydrogen) atoms. The summed E-state index contributed by atoms with van der Waals surface area (Å²) in [5, 5.41) is 2.82. The van der Waals surface area contributed by atoms with Crippen LogP contribution in [0.25, 0.3) is 0 Å². The van der Waals surface area contributed by atoms with E-state index in [1.165, 1.54) is 0 Å². The molecule has 1 amide bonds. The van der Waals surface area contributed by atoms with Crippen LogP contribution in [0.15, 0.2) is 0 Å². The summed E-state index contributed by atoms with van der Waals surface area (Å²) in [6.45, 7) is 3.89. The van der Waals surface area contributed by atoms with Gasteiger partial charge in [0.15, 0.2) is 0 Å². The molecule has 0 aromatic heterocycles. The van der Waals surface area contributed by atoms with Crippen LogP contribution in [-0.4, -0.2) is 43.2 Å². The van der Waals surface area contributed by atoms with E-state index in [4.69, 9.17) is 0 Å². The molecule has 0 atom stereocenters. The van der Waals surface area contributed by atoms with Crippen molar-refractivity contribution in [2.45, 2.75) is 6.92 Å². The Labute approximate surface area is 73.6 Å². The summed E-state index contributed by atoms with van der Waals surface area (Å²) in [7, 11) is 1.77.